The first kappa shape index (κ1) is 32.7. The average Bonchev–Trinajstić information content (AvgIpc) is 3.67. The molecule has 9 aromatic carbocycles. The molecule has 2 aromatic heterocycles. The Morgan fingerprint density at radius 2 is 0.895 bits per heavy atom. The molecule has 4 heteroatoms. The van der Waals surface area contributed by atoms with Crippen molar-refractivity contribution in [3.63, 3.8) is 0 Å². The summed E-state index contributed by atoms with van der Waals surface area (Å²) in [5.74, 6) is 1.79. The zero-order valence-corrected chi connectivity index (χ0v) is 30.8. The van der Waals surface area contributed by atoms with E-state index in [-0.39, 0.29) is 0 Å². The zero-order valence-electron chi connectivity index (χ0n) is 30.8. The first-order chi connectivity index (χ1) is 28.2. The minimum Gasteiger partial charge on any atom is -0.456 e. The Morgan fingerprint density at radius 3 is 1.72 bits per heavy atom. The van der Waals surface area contributed by atoms with Crippen molar-refractivity contribution in [1.29, 1.82) is 0 Å². The van der Waals surface area contributed by atoms with Crippen LogP contribution in [0.15, 0.2) is 205 Å². The molecule has 0 radical (unpaired) electrons. The van der Waals surface area contributed by atoms with Crippen LogP contribution in [0.1, 0.15) is 0 Å². The minimum atomic E-state index is 0.586. The van der Waals surface area contributed by atoms with Crippen LogP contribution < -0.4 is 0 Å². The summed E-state index contributed by atoms with van der Waals surface area (Å²) in [4.78, 5) is 15.8. The number of fused-ring (bicyclic) bond motifs is 5. The molecule has 0 atom stereocenters. The maximum absolute atomic E-state index is 6.54. The Bertz CT molecular complexity index is 3290. The highest BCUT2D eigenvalue weighted by Gasteiger charge is 2.20. The van der Waals surface area contributed by atoms with Gasteiger partial charge in [-0.3, -0.25) is 0 Å². The minimum absolute atomic E-state index is 0.586. The van der Waals surface area contributed by atoms with Crippen molar-refractivity contribution < 1.29 is 4.42 Å². The van der Waals surface area contributed by atoms with Crippen LogP contribution in [0.2, 0.25) is 0 Å². The van der Waals surface area contributed by atoms with E-state index in [0.717, 1.165) is 82.8 Å². The highest BCUT2D eigenvalue weighted by molar-refractivity contribution is 6.12. The second kappa shape index (κ2) is 13.6. The third kappa shape index (κ3) is 5.83. The van der Waals surface area contributed by atoms with Gasteiger partial charge >= 0.3 is 0 Å². The molecule has 0 saturated heterocycles. The molecule has 0 aliphatic heterocycles. The topological polar surface area (TPSA) is 51.8 Å². The van der Waals surface area contributed by atoms with Crippen LogP contribution in [0.25, 0.3) is 111 Å². The average molecular weight is 728 g/mol. The molecule has 0 unspecified atom stereocenters. The van der Waals surface area contributed by atoms with Crippen molar-refractivity contribution in [3.05, 3.63) is 200 Å². The van der Waals surface area contributed by atoms with Crippen LogP contribution in [0.5, 0.6) is 0 Å². The van der Waals surface area contributed by atoms with Crippen molar-refractivity contribution >= 4 is 43.5 Å². The summed E-state index contributed by atoms with van der Waals surface area (Å²) in [5.41, 5.74) is 11.1. The van der Waals surface area contributed by atoms with Gasteiger partial charge in [0.15, 0.2) is 17.5 Å². The lowest BCUT2D eigenvalue weighted by molar-refractivity contribution is 0.669. The molecule has 11 aromatic rings. The van der Waals surface area contributed by atoms with Crippen molar-refractivity contribution in [2.45, 2.75) is 0 Å². The number of hydrogen-bond donors (Lipinski definition) is 0. The first-order valence-corrected chi connectivity index (χ1v) is 19.2. The van der Waals surface area contributed by atoms with Gasteiger partial charge in [-0.15, -0.1) is 0 Å². The van der Waals surface area contributed by atoms with E-state index in [4.69, 9.17) is 19.4 Å². The van der Waals surface area contributed by atoms with E-state index >= 15 is 0 Å². The van der Waals surface area contributed by atoms with Crippen molar-refractivity contribution in [2.75, 3.05) is 0 Å². The molecule has 0 spiro atoms. The van der Waals surface area contributed by atoms with Crippen molar-refractivity contribution in [2.24, 2.45) is 0 Å². The summed E-state index contributed by atoms with van der Waals surface area (Å²) < 4.78 is 6.54. The fraction of sp³-hybridized carbons (Fsp3) is 0. The summed E-state index contributed by atoms with van der Waals surface area (Å²) >= 11 is 0. The maximum Gasteiger partial charge on any atom is 0.164 e. The van der Waals surface area contributed by atoms with Crippen LogP contribution >= 0.6 is 0 Å². The fourth-order valence-corrected chi connectivity index (χ4v) is 8.14. The molecule has 4 nitrogen and oxygen atoms in total. The summed E-state index contributed by atoms with van der Waals surface area (Å²) in [6.07, 6.45) is 0. The lowest BCUT2D eigenvalue weighted by Gasteiger charge is -2.15. The number of nitrogens with zero attached hydrogens (tertiary/aromatic N) is 3. The maximum atomic E-state index is 6.54. The van der Waals surface area contributed by atoms with E-state index in [1.807, 2.05) is 18.2 Å². The monoisotopic (exact) mass is 727 g/mol. The fourth-order valence-electron chi connectivity index (χ4n) is 8.14. The van der Waals surface area contributed by atoms with Gasteiger partial charge in [-0.25, -0.2) is 15.0 Å². The van der Waals surface area contributed by atoms with Crippen LogP contribution in [-0.2, 0) is 0 Å². The zero-order chi connectivity index (χ0) is 37.7. The van der Waals surface area contributed by atoms with Gasteiger partial charge in [0.25, 0.3) is 0 Å². The Morgan fingerprint density at radius 1 is 0.281 bits per heavy atom. The molecule has 0 amide bonds. The summed E-state index contributed by atoms with van der Waals surface area (Å²) in [7, 11) is 0. The molecule has 0 fully saturated rings. The van der Waals surface area contributed by atoms with Crippen LogP contribution in [0.3, 0.4) is 0 Å². The standard InChI is InChI=1S/C53H33N3O/c1-3-13-34(14-4-1)39-27-30-45-49(33-39)57-48-24-12-23-46(50(45)48)53-55-51(40-26-25-35-15-7-8-19-38(35)31-40)54-52(56-53)41-28-29-43(36-16-5-2-6-17-36)47(32-41)44-22-11-20-37-18-9-10-21-42(37)44/h1-33H. The predicted octanol–water partition coefficient (Wildman–Crippen LogP) is 14.1. The summed E-state index contributed by atoms with van der Waals surface area (Å²) in [5, 5.41) is 6.66. The normalized spacial score (nSPS) is 11.5. The van der Waals surface area contributed by atoms with Gasteiger partial charge in [-0.1, -0.05) is 170 Å². The molecule has 0 N–H and O–H groups in total. The Hall–Kier alpha value is -7.69. The SMILES string of the molecule is c1ccc(-c2ccc3c(c2)oc2cccc(-c4nc(-c5ccc(-c6ccccc6)c(-c6cccc7ccccc67)c5)nc(-c5ccc6ccccc6c5)n4)c23)cc1. The summed E-state index contributed by atoms with van der Waals surface area (Å²) in [6, 6.07) is 70.0. The number of hydrogen-bond acceptors (Lipinski definition) is 4. The van der Waals surface area contributed by atoms with Gasteiger partial charge in [0.05, 0.1) is 0 Å². The molecule has 57 heavy (non-hydrogen) atoms. The number of rotatable bonds is 6. The lowest BCUT2D eigenvalue weighted by atomic mass is 9.90. The van der Waals surface area contributed by atoms with Crippen LogP contribution in [0.4, 0.5) is 0 Å². The molecule has 2 heterocycles. The Labute approximate surface area is 329 Å². The largest absolute Gasteiger partial charge is 0.456 e. The van der Waals surface area contributed by atoms with E-state index in [1.54, 1.807) is 0 Å². The van der Waals surface area contributed by atoms with E-state index in [0.29, 0.717) is 17.5 Å². The van der Waals surface area contributed by atoms with Crippen LogP contribution in [0, 0.1) is 0 Å². The predicted molar refractivity (Wildman–Crippen MR) is 235 cm³/mol. The molecular weight excluding hydrogens is 695 g/mol. The molecule has 0 aliphatic rings. The van der Waals surface area contributed by atoms with E-state index < -0.39 is 0 Å². The summed E-state index contributed by atoms with van der Waals surface area (Å²) in [6.45, 7) is 0. The van der Waals surface area contributed by atoms with Gasteiger partial charge in [-0.2, -0.15) is 0 Å². The van der Waals surface area contributed by atoms with Gasteiger partial charge in [-0.05, 0) is 85.3 Å². The second-order valence-electron chi connectivity index (χ2n) is 14.4. The van der Waals surface area contributed by atoms with Gasteiger partial charge < -0.3 is 4.42 Å². The first-order valence-electron chi connectivity index (χ1n) is 19.2. The van der Waals surface area contributed by atoms with E-state index in [9.17, 15) is 0 Å². The van der Waals surface area contributed by atoms with Gasteiger partial charge in [0, 0.05) is 27.5 Å². The highest BCUT2D eigenvalue weighted by Crippen LogP contribution is 2.41. The Balaban J connectivity index is 1.14. The third-order valence-electron chi connectivity index (χ3n) is 10.9. The van der Waals surface area contributed by atoms with Crippen molar-refractivity contribution in [3.8, 4) is 67.5 Å². The van der Waals surface area contributed by atoms with Crippen molar-refractivity contribution in [1.82, 2.24) is 15.0 Å². The number of benzene rings is 9. The second-order valence-corrected chi connectivity index (χ2v) is 14.4. The quantitative estimate of drug-likeness (QED) is 0.171. The third-order valence-corrected chi connectivity index (χ3v) is 10.9. The molecule has 0 saturated carbocycles. The molecular formula is C53H33N3O. The number of furan rings is 1. The molecule has 11 rings (SSSR count). The van der Waals surface area contributed by atoms with E-state index in [1.165, 1.54) is 10.8 Å². The molecule has 266 valence electrons. The molecule has 0 bridgehead atoms. The van der Waals surface area contributed by atoms with E-state index in [2.05, 4.69) is 182 Å². The molecule has 0 aliphatic carbocycles. The number of aromatic nitrogens is 3. The lowest BCUT2D eigenvalue weighted by Crippen LogP contribution is -2.01. The smallest absolute Gasteiger partial charge is 0.164 e. The van der Waals surface area contributed by atoms with Gasteiger partial charge in [0.2, 0.25) is 0 Å². The Kier molecular flexibility index (Phi) is 7.78. The van der Waals surface area contributed by atoms with Gasteiger partial charge in [0.1, 0.15) is 11.2 Å². The van der Waals surface area contributed by atoms with Crippen LogP contribution in [-0.4, -0.2) is 15.0 Å². The highest BCUT2D eigenvalue weighted by atomic mass is 16.3.